The molecule has 7 nitrogen and oxygen atoms in total. The third-order valence-electron chi connectivity index (χ3n) is 7.92. The van der Waals surface area contributed by atoms with Crippen LogP contribution in [0.25, 0.3) is 0 Å². The number of nitrogens with zero attached hydrogens (tertiary/aromatic N) is 5. The van der Waals surface area contributed by atoms with E-state index in [-0.39, 0.29) is 0 Å². The van der Waals surface area contributed by atoms with Gasteiger partial charge in [0.15, 0.2) is 5.11 Å². The molecular formula is C30H37N7S. The maximum absolute atomic E-state index is 5.66. The molecule has 0 saturated carbocycles. The highest BCUT2D eigenvalue weighted by Crippen LogP contribution is 2.28. The first-order valence-corrected chi connectivity index (χ1v) is 14.5. The number of anilines is 4. The highest BCUT2D eigenvalue weighted by Gasteiger charge is 2.21. The normalized spacial score (nSPS) is 17.3. The summed E-state index contributed by atoms with van der Waals surface area (Å²) in [5, 5.41) is 7.17. The summed E-state index contributed by atoms with van der Waals surface area (Å²) in [4.78, 5) is 17.0. The summed E-state index contributed by atoms with van der Waals surface area (Å²) in [6.45, 7) is 6.87. The molecule has 3 aromatic rings. The van der Waals surface area contributed by atoms with Crippen molar-refractivity contribution < 1.29 is 0 Å². The molecule has 38 heavy (non-hydrogen) atoms. The van der Waals surface area contributed by atoms with E-state index in [1.165, 1.54) is 54.5 Å². The summed E-state index contributed by atoms with van der Waals surface area (Å²) in [7, 11) is 0. The molecule has 0 spiro atoms. The Labute approximate surface area is 231 Å². The van der Waals surface area contributed by atoms with Gasteiger partial charge < -0.3 is 25.3 Å². The fourth-order valence-electron chi connectivity index (χ4n) is 5.74. The highest BCUT2D eigenvalue weighted by atomic mass is 32.1. The molecule has 0 unspecified atom stereocenters. The van der Waals surface area contributed by atoms with Crippen molar-refractivity contribution in [2.75, 3.05) is 52.7 Å². The van der Waals surface area contributed by atoms with Crippen molar-refractivity contribution >= 4 is 40.6 Å². The van der Waals surface area contributed by atoms with Crippen LogP contribution in [-0.4, -0.2) is 47.8 Å². The number of rotatable bonds is 6. The van der Waals surface area contributed by atoms with E-state index in [4.69, 9.17) is 22.2 Å². The van der Waals surface area contributed by atoms with Gasteiger partial charge in [-0.15, -0.1) is 0 Å². The summed E-state index contributed by atoms with van der Waals surface area (Å²) in [5.41, 5.74) is 5.32. The molecule has 2 fully saturated rings. The molecule has 6 rings (SSSR count). The molecule has 2 N–H and O–H groups in total. The average Bonchev–Trinajstić information content (AvgIpc) is 3.52. The molecule has 0 bridgehead atoms. The predicted octanol–water partition coefficient (Wildman–Crippen LogP) is 5.12. The van der Waals surface area contributed by atoms with E-state index in [1.54, 1.807) is 0 Å². The first-order valence-electron chi connectivity index (χ1n) is 14.1. The lowest BCUT2D eigenvalue weighted by atomic mass is 10.00. The lowest BCUT2D eigenvalue weighted by molar-refractivity contribution is 0.573. The summed E-state index contributed by atoms with van der Waals surface area (Å²) in [6.07, 6.45) is 7.30. The minimum Gasteiger partial charge on any atom is -0.372 e. The number of piperidine rings is 1. The molecule has 2 aromatic carbocycles. The fourth-order valence-corrected chi connectivity index (χ4v) is 5.91. The molecule has 8 heteroatoms. The molecule has 0 radical (unpaired) electrons. The lowest BCUT2D eigenvalue weighted by Gasteiger charge is -2.32. The first-order chi connectivity index (χ1) is 18.7. The van der Waals surface area contributed by atoms with Gasteiger partial charge in [-0.1, -0.05) is 36.4 Å². The van der Waals surface area contributed by atoms with Crippen LogP contribution in [0.5, 0.6) is 0 Å². The maximum Gasteiger partial charge on any atom is 0.232 e. The Morgan fingerprint density at radius 2 is 1.39 bits per heavy atom. The molecule has 0 amide bonds. The number of benzene rings is 2. The maximum atomic E-state index is 5.66. The Balaban J connectivity index is 1.14. The Morgan fingerprint density at radius 3 is 2.16 bits per heavy atom. The third kappa shape index (κ3) is 5.85. The summed E-state index contributed by atoms with van der Waals surface area (Å²) < 4.78 is 0. The number of thiocarbonyl (C=S) groups is 1. The second kappa shape index (κ2) is 11.6. The van der Waals surface area contributed by atoms with Crippen molar-refractivity contribution in [2.24, 2.45) is 0 Å². The number of nitrogens with one attached hydrogen (secondary N) is 2. The zero-order valence-corrected chi connectivity index (χ0v) is 22.8. The number of aromatic nitrogens is 2. The van der Waals surface area contributed by atoms with Crippen LogP contribution in [0.3, 0.4) is 0 Å². The SMILES string of the molecule is S=C(NCc1ccc(N2CCCC2)cc1)Nc1nc(N2CCCCC2)cc(N2CCc3ccccc3C2)n1. The van der Waals surface area contributed by atoms with Crippen LogP contribution < -0.4 is 25.3 Å². The second-order valence-corrected chi connectivity index (χ2v) is 11.0. The van der Waals surface area contributed by atoms with E-state index < -0.39 is 0 Å². The fraction of sp³-hybridized carbons (Fsp3) is 0.433. The van der Waals surface area contributed by atoms with Crippen molar-refractivity contribution in [3.05, 3.63) is 71.3 Å². The average molecular weight is 528 g/mol. The van der Waals surface area contributed by atoms with E-state index in [9.17, 15) is 0 Å². The molecule has 3 aliphatic rings. The van der Waals surface area contributed by atoms with Crippen molar-refractivity contribution in [3.63, 3.8) is 0 Å². The Bertz CT molecular complexity index is 1250. The standard InChI is InChI=1S/C30H37N7S/c38-30(31-21-23-10-12-26(13-11-23)35-15-6-7-16-35)34-29-32-27(36-17-4-1-5-18-36)20-28(33-29)37-19-14-24-8-2-3-9-25(24)22-37/h2-3,8-13,20H,1,4-7,14-19,21-22H2,(H2,31,32,33,34,38). The minimum atomic E-state index is 0.541. The van der Waals surface area contributed by atoms with Crippen LogP contribution in [0.4, 0.5) is 23.3 Å². The molecule has 3 aliphatic heterocycles. The van der Waals surface area contributed by atoms with Crippen LogP contribution in [0.1, 0.15) is 48.8 Å². The van der Waals surface area contributed by atoms with E-state index in [1.807, 2.05) is 0 Å². The minimum absolute atomic E-state index is 0.541. The van der Waals surface area contributed by atoms with E-state index in [0.717, 1.165) is 57.3 Å². The number of fused-ring (bicyclic) bond motifs is 1. The van der Waals surface area contributed by atoms with Gasteiger partial charge in [0, 0.05) is 57.6 Å². The van der Waals surface area contributed by atoms with Crippen molar-refractivity contribution in [2.45, 2.75) is 51.6 Å². The molecule has 4 heterocycles. The van der Waals surface area contributed by atoms with Crippen LogP contribution in [0, 0.1) is 0 Å². The van der Waals surface area contributed by atoms with Crippen molar-refractivity contribution in [1.29, 1.82) is 0 Å². The van der Waals surface area contributed by atoms with Gasteiger partial charge in [-0.3, -0.25) is 0 Å². The summed E-state index contributed by atoms with van der Waals surface area (Å²) in [6, 6.07) is 19.7. The van der Waals surface area contributed by atoms with E-state index >= 15 is 0 Å². The van der Waals surface area contributed by atoms with Crippen LogP contribution >= 0.6 is 12.2 Å². The smallest absolute Gasteiger partial charge is 0.232 e. The van der Waals surface area contributed by atoms with Gasteiger partial charge in [0.25, 0.3) is 0 Å². The van der Waals surface area contributed by atoms with Crippen molar-refractivity contribution in [1.82, 2.24) is 15.3 Å². The molecule has 2 saturated heterocycles. The second-order valence-electron chi connectivity index (χ2n) is 10.6. The Morgan fingerprint density at radius 1 is 0.737 bits per heavy atom. The van der Waals surface area contributed by atoms with Crippen LogP contribution in [-0.2, 0) is 19.5 Å². The van der Waals surface area contributed by atoms with E-state index in [0.29, 0.717) is 17.6 Å². The molecular weight excluding hydrogens is 490 g/mol. The zero-order valence-electron chi connectivity index (χ0n) is 22.0. The van der Waals surface area contributed by atoms with E-state index in [2.05, 4.69) is 79.9 Å². The summed E-state index contributed by atoms with van der Waals surface area (Å²) in [5.74, 6) is 2.50. The number of hydrogen-bond donors (Lipinski definition) is 2. The first kappa shape index (κ1) is 24.9. The topological polar surface area (TPSA) is 59.6 Å². The lowest BCUT2D eigenvalue weighted by Crippen LogP contribution is -2.34. The Kier molecular flexibility index (Phi) is 7.58. The zero-order chi connectivity index (χ0) is 25.7. The third-order valence-corrected chi connectivity index (χ3v) is 8.17. The van der Waals surface area contributed by atoms with Gasteiger partial charge in [-0.05, 0) is 79.6 Å². The molecule has 0 aliphatic carbocycles. The highest BCUT2D eigenvalue weighted by molar-refractivity contribution is 7.80. The number of hydrogen-bond acceptors (Lipinski definition) is 6. The predicted molar refractivity (Wildman–Crippen MR) is 160 cm³/mol. The summed E-state index contributed by atoms with van der Waals surface area (Å²) >= 11 is 5.66. The van der Waals surface area contributed by atoms with Gasteiger partial charge in [0.05, 0.1) is 0 Å². The molecule has 1 aromatic heterocycles. The quantitative estimate of drug-likeness (QED) is 0.429. The van der Waals surface area contributed by atoms with Crippen molar-refractivity contribution in [3.8, 4) is 0 Å². The van der Waals surface area contributed by atoms with Gasteiger partial charge in [0.2, 0.25) is 5.95 Å². The monoisotopic (exact) mass is 527 g/mol. The molecule has 198 valence electrons. The Hall–Kier alpha value is -3.39. The van der Waals surface area contributed by atoms with Gasteiger partial charge in [0.1, 0.15) is 11.6 Å². The van der Waals surface area contributed by atoms with Crippen LogP contribution in [0.15, 0.2) is 54.6 Å². The van der Waals surface area contributed by atoms with Gasteiger partial charge in [-0.2, -0.15) is 9.97 Å². The molecule has 0 atom stereocenters. The largest absolute Gasteiger partial charge is 0.372 e. The van der Waals surface area contributed by atoms with Gasteiger partial charge >= 0.3 is 0 Å². The van der Waals surface area contributed by atoms with Crippen LogP contribution in [0.2, 0.25) is 0 Å². The van der Waals surface area contributed by atoms with Gasteiger partial charge in [-0.25, -0.2) is 0 Å².